The summed E-state index contributed by atoms with van der Waals surface area (Å²) >= 11 is 0. The quantitative estimate of drug-likeness (QED) is 0.593. The molecule has 0 amide bonds. The second kappa shape index (κ2) is 4.88. The molecule has 2 heterocycles. The van der Waals surface area contributed by atoms with Crippen molar-refractivity contribution in [2.75, 3.05) is 5.43 Å². The van der Waals surface area contributed by atoms with E-state index < -0.39 is 0 Å². The van der Waals surface area contributed by atoms with Crippen molar-refractivity contribution in [1.82, 2.24) is 24.7 Å². The molecule has 7 heteroatoms. The van der Waals surface area contributed by atoms with Gasteiger partial charge in [-0.05, 0) is 13.3 Å². The number of nitrogens with zero attached hydrogens (tertiary/aromatic N) is 5. The molecule has 17 heavy (non-hydrogen) atoms. The molecule has 2 rings (SSSR count). The molecular formula is C10H15N7. The Labute approximate surface area is 99.1 Å². The first-order valence-corrected chi connectivity index (χ1v) is 5.45. The summed E-state index contributed by atoms with van der Waals surface area (Å²) in [7, 11) is 0. The Hall–Kier alpha value is -2.02. The lowest BCUT2D eigenvalue weighted by Gasteiger charge is -2.11. The lowest BCUT2D eigenvalue weighted by atomic mass is 10.2. The highest BCUT2D eigenvalue weighted by molar-refractivity contribution is 5.50. The molecule has 0 bridgehead atoms. The Morgan fingerprint density at radius 2 is 2.24 bits per heavy atom. The second-order valence-corrected chi connectivity index (χ2v) is 3.67. The number of nitrogen functional groups attached to an aromatic ring is 1. The maximum atomic E-state index is 5.45. The average molecular weight is 233 g/mol. The molecule has 0 spiro atoms. The highest BCUT2D eigenvalue weighted by Gasteiger charge is 2.11. The van der Waals surface area contributed by atoms with E-state index in [1.807, 2.05) is 6.92 Å². The van der Waals surface area contributed by atoms with Gasteiger partial charge in [-0.25, -0.2) is 25.5 Å². The molecular weight excluding hydrogens is 218 g/mol. The normalized spacial score (nSPS) is 10.5. The topological polar surface area (TPSA) is 94.5 Å². The van der Waals surface area contributed by atoms with Crippen molar-refractivity contribution in [1.29, 1.82) is 0 Å². The fourth-order valence-corrected chi connectivity index (χ4v) is 1.57. The molecule has 0 atom stereocenters. The first-order chi connectivity index (χ1) is 8.26. The number of nitrogens with two attached hydrogens (primary N) is 1. The molecule has 0 aliphatic heterocycles. The van der Waals surface area contributed by atoms with Gasteiger partial charge >= 0.3 is 0 Å². The maximum Gasteiger partial charge on any atom is 0.163 e. The lowest BCUT2D eigenvalue weighted by Crippen LogP contribution is -2.15. The van der Waals surface area contributed by atoms with E-state index in [0.29, 0.717) is 11.6 Å². The smallest absolute Gasteiger partial charge is 0.163 e. The summed E-state index contributed by atoms with van der Waals surface area (Å²) in [5.41, 5.74) is 3.43. The van der Waals surface area contributed by atoms with E-state index >= 15 is 0 Å². The Kier molecular flexibility index (Phi) is 3.29. The second-order valence-electron chi connectivity index (χ2n) is 3.67. The van der Waals surface area contributed by atoms with Gasteiger partial charge in [0.1, 0.15) is 24.3 Å². The number of rotatable bonds is 4. The number of nitrogens with one attached hydrogen (secondary N) is 1. The van der Waals surface area contributed by atoms with Crippen LogP contribution in [0.25, 0.3) is 5.82 Å². The van der Waals surface area contributed by atoms with Crippen LogP contribution in [0.3, 0.4) is 0 Å². The van der Waals surface area contributed by atoms with Crippen LogP contribution in [-0.2, 0) is 6.42 Å². The van der Waals surface area contributed by atoms with Gasteiger partial charge in [-0.15, -0.1) is 0 Å². The zero-order valence-electron chi connectivity index (χ0n) is 9.88. The van der Waals surface area contributed by atoms with E-state index in [4.69, 9.17) is 5.84 Å². The van der Waals surface area contributed by atoms with Crippen molar-refractivity contribution in [2.45, 2.75) is 26.7 Å². The molecule has 90 valence electrons. The lowest BCUT2D eigenvalue weighted by molar-refractivity contribution is 0.777. The number of hydrogen-bond donors (Lipinski definition) is 2. The molecule has 0 saturated carbocycles. The molecule has 0 fully saturated rings. The van der Waals surface area contributed by atoms with Crippen LogP contribution in [-0.4, -0.2) is 24.7 Å². The van der Waals surface area contributed by atoms with Crippen molar-refractivity contribution in [3.05, 3.63) is 24.0 Å². The fourth-order valence-electron chi connectivity index (χ4n) is 1.57. The molecule has 0 saturated heterocycles. The van der Waals surface area contributed by atoms with Gasteiger partial charge in [0.05, 0.1) is 0 Å². The summed E-state index contributed by atoms with van der Waals surface area (Å²) in [6, 6.07) is 0. The van der Waals surface area contributed by atoms with Crippen LogP contribution in [0.2, 0.25) is 0 Å². The summed E-state index contributed by atoms with van der Waals surface area (Å²) in [4.78, 5) is 12.7. The van der Waals surface area contributed by atoms with E-state index in [1.54, 1.807) is 11.0 Å². The number of aryl methyl sites for hydroxylation is 1. The Morgan fingerprint density at radius 3 is 2.82 bits per heavy atom. The number of anilines is 1. The van der Waals surface area contributed by atoms with Crippen LogP contribution in [0.4, 0.5) is 5.82 Å². The Bertz CT molecular complexity index is 492. The zero-order chi connectivity index (χ0) is 12.3. The van der Waals surface area contributed by atoms with Gasteiger partial charge in [-0.1, -0.05) is 6.92 Å². The van der Waals surface area contributed by atoms with Crippen LogP contribution < -0.4 is 11.3 Å². The minimum Gasteiger partial charge on any atom is -0.308 e. The largest absolute Gasteiger partial charge is 0.308 e. The minimum absolute atomic E-state index is 0.619. The van der Waals surface area contributed by atoms with Crippen molar-refractivity contribution in [3.8, 4) is 5.82 Å². The summed E-state index contributed by atoms with van der Waals surface area (Å²) in [6.45, 7) is 3.97. The molecule has 7 nitrogen and oxygen atoms in total. The third-order valence-electron chi connectivity index (χ3n) is 2.41. The molecule has 0 unspecified atom stereocenters. The van der Waals surface area contributed by atoms with E-state index in [9.17, 15) is 0 Å². The van der Waals surface area contributed by atoms with E-state index in [0.717, 1.165) is 24.2 Å². The van der Waals surface area contributed by atoms with E-state index in [1.165, 1.54) is 6.33 Å². The van der Waals surface area contributed by atoms with Gasteiger partial charge < -0.3 is 5.43 Å². The summed E-state index contributed by atoms with van der Waals surface area (Å²) < 4.78 is 1.61. The molecule has 0 aromatic carbocycles. The first kappa shape index (κ1) is 11.5. The molecule has 0 aliphatic carbocycles. The van der Waals surface area contributed by atoms with Gasteiger partial charge in [-0.3, -0.25) is 0 Å². The standard InChI is InChI=1S/C10H15N7/c1-3-4-8-14-9(16-11)7(2)10(15-8)17-6-12-5-13-17/h5-6H,3-4,11H2,1-2H3,(H,14,15,16). The summed E-state index contributed by atoms with van der Waals surface area (Å²) in [5, 5.41) is 4.07. The third kappa shape index (κ3) is 2.23. The molecule has 3 N–H and O–H groups in total. The molecule has 0 radical (unpaired) electrons. The minimum atomic E-state index is 0.619. The van der Waals surface area contributed by atoms with Gasteiger partial charge in [0, 0.05) is 12.0 Å². The maximum absolute atomic E-state index is 5.45. The first-order valence-electron chi connectivity index (χ1n) is 5.45. The SMILES string of the molecule is CCCc1nc(NN)c(C)c(-n2cncn2)n1. The predicted molar refractivity (Wildman–Crippen MR) is 63.5 cm³/mol. The van der Waals surface area contributed by atoms with Crippen LogP contribution in [0, 0.1) is 6.92 Å². The monoisotopic (exact) mass is 233 g/mol. The Balaban J connectivity index is 2.53. The third-order valence-corrected chi connectivity index (χ3v) is 2.41. The average Bonchev–Trinajstić information content (AvgIpc) is 2.85. The highest BCUT2D eigenvalue weighted by Crippen LogP contribution is 2.17. The number of hydrazine groups is 1. The van der Waals surface area contributed by atoms with Crippen molar-refractivity contribution >= 4 is 5.82 Å². The van der Waals surface area contributed by atoms with Gasteiger partial charge in [0.25, 0.3) is 0 Å². The van der Waals surface area contributed by atoms with Crippen LogP contribution in [0.5, 0.6) is 0 Å². The number of hydrogen-bond acceptors (Lipinski definition) is 6. The van der Waals surface area contributed by atoms with E-state index in [2.05, 4.69) is 32.4 Å². The summed E-state index contributed by atoms with van der Waals surface area (Å²) in [6.07, 6.45) is 4.85. The molecule has 2 aromatic rings. The molecule has 2 aromatic heterocycles. The van der Waals surface area contributed by atoms with Crippen LogP contribution in [0.15, 0.2) is 12.7 Å². The van der Waals surface area contributed by atoms with Crippen LogP contribution >= 0.6 is 0 Å². The fraction of sp³-hybridized carbons (Fsp3) is 0.400. The Morgan fingerprint density at radius 1 is 1.41 bits per heavy atom. The van der Waals surface area contributed by atoms with E-state index in [-0.39, 0.29) is 0 Å². The summed E-state index contributed by atoms with van der Waals surface area (Å²) in [5.74, 6) is 7.52. The predicted octanol–water partition coefficient (Wildman–Crippen LogP) is 0.604. The zero-order valence-corrected chi connectivity index (χ0v) is 9.88. The molecule has 0 aliphatic rings. The number of aromatic nitrogens is 5. The van der Waals surface area contributed by atoms with Crippen LogP contribution in [0.1, 0.15) is 24.7 Å². The highest BCUT2D eigenvalue weighted by atomic mass is 15.4. The van der Waals surface area contributed by atoms with Gasteiger partial charge in [-0.2, -0.15) is 5.10 Å². The van der Waals surface area contributed by atoms with Crippen molar-refractivity contribution < 1.29 is 0 Å². The van der Waals surface area contributed by atoms with Gasteiger partial charge in [0.2, 0.25) is 0 Å². The van der Waals surface area contributed by atoms with Crippen molar-refractivity contribution in [3.63, 3.8) is 0 Å². The van der Waals surface area contributed by atoms with Crippen molar-refractivity contribution in [2.24, 2.45) is 5.84 Å². The van der Waals surface area contributed by atoms with Gasteiger partial charge in [0.15, 0.2) is 5.82 Å².